The van der Waals surface area contributed by atoms with Gasteiger partial charge in [0.1, 0.15) is 0 Å². The average Bonchev–Trinajstić information content (AvgIpc) is 2.28. The lowest BCUT2D eigenvalue weighted by Gasteiger charge is -2.29. The van der Waals surface area contributed by atoms with Gasteiger partial charge in [-0.3, -0.25) is 4.79 Å². The van der Waals surface area contributed by atoms with Crippen LogP contribution in [0.2, 0.25) is 0 Å². The molecule has 1 unspecified atom stereocenters. The molecule has 0 aliphatic carbocycles. The number of aromatic amines is 1. The third-order valence-electron chi connectivity index (χ3n) is 3.52. The molecule has 0 fully saturated rings. The zero-order valence-corrected chi connectivity index (χ0v) is 10.7. The van der Waals surface area contributed by atoms with Crippen LogP contribution in [-0.4, -0.2) is 11.1 Å². The van der Waals surface area contributed by atoms with Crippen LogP contribution in [-0.2, 0) is 17.8 Å². The van der Waals surface area contributed by atoms with Gasteiger partial charge in [0.15, 0.2) is 0 Å². The first-order valence-corrected chi connectivity index (χ1v) is 6.03. The van der Waals surface area contributed by atoms with Gasteiger partial charge in [0.2, 0.25) is 0 Å². The predicted molar refractivity (Wildman–Crippen MR) is 69.0 cm³/mol. The standard InChI is InChI=1S/C14H19NO2/c1-5-10-9(4)11-7-17-13(8(2)3)6-12(11)15-14(10)16/h5,8,13H,1,6-7H2,2-4H3,(H,15,16). The number of hydrogen-bond donors (Lipinski definition) is 1. The second-order valence-electron chi connectivity index (χ2n) is 4.95. The number of ether oxygens (including phenoxy) is 1. The van der Waals surface area contributed by atoms with E-state index in [2.05, 4.69) is 25.4 Å². The van der Waals surface area contributed by atoms with E-state index in [0.29, 0.717) is 18.1 Å². The highest BCUT2D eigenvalue weighted by Gasteiger charge is 2.24. The molecule has 1 N–H and O–H groups in total. The summed E-state index contributed by atoms with van der Waals surface area (Å²) in [5.41, 5.74) is 3.77. The summed E-state index contributed by atoms with van der Waals surface area (Å²) < 4.78 is 5.83. The molecule has 0 saturated heterocycles. The van der Waals surface area contributed by atoms with E-state index < -0.39 is 0 Å². The summed E-state index contributed by atoms with van der Waals surface area (Å²) in [6.45, 7) is 10.5. The lowest BCUT2D eigenvalue weighted by atomic mass is 9.93. The number of rotatable bonds is 2. The van der Waals surface area contributed by atoms with Gasteiger partial charge in [0.05, 0.1) is 12.7 Å². The first-order valence-electron chi connectivity index (χ1n) is 6.03. The Hall–Kier alpha value is -1.35. The lowest BCUT2D eigenvalue weighted by Crippen LogP contribution is -2.31. The normalized spacial score (nSPS) is 19.2. The number of fused-ring (bicyclic) bond motifs is 1. The Morgan fingerprint density at radius 1 is 1.53 bits per heavy atom. The minimum absolute atomic E-state index is 0.0411. The molecule has 1 aliphatic heterocycles. The number of hydrogen-bond acceptors (Lipinski definition) is 2. The van der Waals surface area contributed by atoms with Crippen LogP contribution in [0.25, 0.3) is 6.08 Å². The van der Waals surface area contributed by atoms with Crippen LogP contribution in [0.5, 0.6) is 0 Å². The molecule has 3 nitrogen and oxygen atoms in total. The predicted octanol–water partition coefficient (Wildman–Crippen LogP) is 2.42. The molecule has 0 amide bonds. The summed E-state index contributed by atoms with van der Waals surface area (Å²) in [7, 11) is 0. The molecule has 1 aromatic heterocycles. The molecule has 3 heteroatoms. The highest BCUT2D eigenvalue weighted by Crippen LogP contribution is 2.25. The molecular weight excluding hydrogens is 214 g/mol. The van der Waals surface area contributed by atoms with Crippen LogP contribution < -0.4 is 5.56 Å². The Kier molecular flexibility index (Phi) is 3.20. The van der Waals surface area contributed by atoms with Crippen LogP contribution >= 0.6 is 0 Å². The summed E-state index contributed by atoms with van der Waals surface area (Å²) in [6, 6.07) is 0. The van der Waals surface area contributed by atoms with E-state index in [1.54, 1.807) is 6.08 Å². The maximum atomic E-state index is 11.9. The SMILES string of the molecule is C=Cc1c(C)c2c([nH]c1=O)CC(C(C)C)OC2. The van der Waals surface area contributed by atoms with Crippen molar-refractivity contribution in [3.05, 3.63) is 39.3 Å². The summed E-state index contributed by atoms with van der Waals surface area (Å²) >= 11 is 0. The van der Waals surface area contributed by atoms with E-state index in [4.69, 9.17) is 4.74 Å². The molecule has 1 aromatic rings. The molecule has 92 valence electrons. The molecule has 1 atom stereocenters. The van der Waals surface area contributed by atoms with Crippen molar-refractivity contribution in [1.82, 2.24) is 4.98 Å². The monoisotopic (exact) mass is 233 g/mol. The Bertz CT molecular complexity index is 500. The number of nitrogens with one attached hydrogen (secondary N) is 1. The van der Waals surface area contributed by atoms with Gasteiger partial charge in [-0.05, 0) is 18.4 Å². The maximum absolute atomic E-state index is 11.9. The summed E-state index contributed by atoms with van der Waals surface area (Å²) in [4.78, 5) is 14.8. The summed E-state index contributed by atoms with van der Waals surface area (Å²) in [5, 5.41) is 0. The maximum Gasteiger partial charge on any atom is 0.255 e. The van der Waals surface area contributed by atoms with Gasteiger partial charge in [-0.1, -0.05) is 26.5 Å². The highest BCUT2D eigenvalue weighted by molar-refractivity contribution is 5.53. The van der Waals surface area contributed by atoms with Crippen molar-refractivity contribution in [2.24, 2.45) is 5.92 Å². The molecular formula is C14H19NO2. The van der Waals surface area contributed by atoms with Crippen LogP contribution in [0.15, 0.2) is 11.4 Å². The van der Waals surface area contributed by atoms with Crippen molar-refractivity contribution in [3.8, 4) is 0 Å². The zero-order valence-electron chi connectivity index (χ0n) is 10.7. The zero-order chi connectivity index (χ0) is 12.6. The van der Waals surface area contributed by atoms with Crippen molar-refractivity contribution in [2.45, 2.75) is 39.9 Å². The fourth-order valence-corrected chi connectivity index (χ4v) is 2.33. The van der Waals surface area contributed by atoms with Crippen LogP contribution in [0.4, 0.5) is 0 Å². The molecule has 0 aromatic carbocycles. The summed E-state index contributed by atoms with van der Waals surface area (Å²) in [6.07, 6.45) is 2.61. The number of H-pyrrole nitrogens is 1. The van der Waals surface area contributed by atoms with E-state index in [0.717, 1.165) is 23.2 Å². The third kappa shape index (κ3) is 2.07. The van der Waals surface area contributed by atoms with Crippen LogP contribution in [0, 0.1) is 12.8 Å². The topological polar surface area (TPSA) is 42.1 Å². The second-order valence-corrected chi connectivity index (χ2v) is 4.95. The fourth-order valence-electron chi connectivity index (χ4n) is 2.33. The number of aromatic nitrogens is 1. The van der Waals surface area contributed by atoms with Gasteiger partial charge >= 0.3 is 0 Å². The van der Waals surface area contributed by atoms with E-state index in [1.807, 2.05) is 6.92 Å². The number of pyridine rings is 1. The van der Waals surface area contributed by atoms with Gasteiger partial charge in [-0.2, -0.15) is 0 Å². The van der Waals surface area contributed by atoms with Crippen molar-refractivity contribution in [2.75, 3.05) is 0 Å². The largest absolute Gasteiger partial charge is 0.373 e. The molecule has 17 heavy (non-hydrogen) atoms. The van der Waals surface area contributed by atoms with Crippen molar-refractivity contribution < 1.29 is 4.74 Å². The van der Waals surface area contributed by atoms with Crippen LogP contribution in [0.3, 0.4) is 0 Å². The molecule has 0 bridgehead atoms. The summed E-state index contributed by atoms with van der Waals surface area (Å²) in [5.74, 6) is 0.464. The quantitative estimate of drug-likeness (QED) is 0.852. The van der Waals surface area contributed by atoms with E-state index in [9.17, 15) is 4.79 Å². The Labute approximate surface area is 102 Å². The Balaban J connectivity index is 2.48. The van der Waals surface area contributed by atoms with E-state index in [1.165, 1.54) is 0 Å². The molecule has 2 rings (SSSR count). The van der Waals surface area contributed by atoms with E-state index in [-0.39, 0.29) is 11.7 Å². The van der Waals surface area contributed by atoms with Gasteiger partial charge in [0.25, 0.3) is 5.56 Å². The second kappa shape index (κ2) is 4.49. The lowest BCUT2D eigenvalue weighted by molar-refractivity contribution is -0.00193. The highest BCUT2D eigenvalue weighted by atomic mass is 16.5. The van der Waals surface area contributed by atoms with Crippen molar-refractivity contribution in [3.63, 3.8) is 0 Å². The first-order chi connectivity index (χ1) is 8.04. The van der Waals surface area contributed by atoms with Gasteiger partial charge in [-0.15, -0.1) is 0 Å². The molecule has 0 spiro atoms. The molecule has 0 radical (unpaired) electrons. The Morgan fingerprint density at radius 3 is 2.82 bits per heavy atom. The van der Waals surface area contributed by atoms with Crippen LogP contribution in [0.1, 0.15) is 36.2 Å². The first kappa shape index (κ1) is 12.1. The van der Waals surface area contributed by atoms with E-state index >= 15 is 0 Å². The third-order valence-corrected chi connectivity index (χ3v) is 3.52. The molecule has 0 saturated carbocycles. The van der Waals surface area contributed by atoms with Gasteiger partial charge < -0.3 is 9.72 Å². The van der Waals surface area contributed by atoms with Gasteiger partial charge in [0, 0.05) is 23.2 Å². The Morgan fingerprint density at radius 2 is 2.24 bits per heavy atom. The van der Waals surface area contributed by atoms with Crippen molar-refractivity contribution in [1.29, 1.82) is 0 Å². The minimum Gasteiger partial charge on any atom is -0.373 e. The molecule has 2 heterocycles. The smallest absolute Gasteiger partial charge is 0.255 e. The average molecular weight is 233 g/mol. The van der Waals surface area contributed by atoms with Crippen molar-refractivity contribution >= 4 is 6.08 Å². The fraction of sp³-hybridized carbons (Fsp3) is 0.500. The molecule has 1 aliphatic rings. The minimum atomic E-state index is -0.0411. The van der Waals surface area contributed by atoms with Gasteiger partial charge in [-0.25, -0.2) is 0 Å².